The predicted octanol–water partition coefficient (Wildman–Crippen LogP) is 22.7. The van der Waals surface area contributed by atoms with Crippen molar-refractivity contribution in [3.8, 4) is 72.4 Å². The molecule has 0 N–H and O–H groups in total. The summed E-state index contributed by atoms with van der Waals surface area (Å²) in [5.41, 5.74) is 30.4. The van der Waals surface area contributed by atoms with Crippen LogP contribution >= 0.6 is 0 Å². The van der Waals surface area contributed by atoms with Gasteiger partial charge in [0.1, 0.15) is 22.3 Å². The van der Waals surface area contributed by atoms with Gasteiger partial charge in [0.15, 0.2) is 0 Å². The standard InChI is InChI=1S/C90H56BN3O2/c1-5-23-57(24-6-1)66-35-21-36-67(58-25-7-2-8-26-58)89(66)93-80-53-63(61-44-49-86-74(51-61)72-33-15-19-41-84(72)95-86)43-47-76(80)91-77-48-46-65(92-78-39-17-13-31-70(78)71-32-14-18-40-79(71)92)56-81(77)94(90-68(59-27-9-3-10-28-59)37-22-38-69(90)60-29-11-4-12-30-60)83-55-64(54-82(93)88(83)91)62-45-50-87-75(52-62)73-34-16-20-42-85(73)96-87/h1-56H. The van der Waals surface area contributed by atoms with Crippen molar-refractivity contribution in [2.75, 3.05) is 9.80 Å². The molecule has 446 valence electrons. The molecule has 0 fully saturated rings. The van der Waals surface area contributed by atoms with Gasteiger partial charge in [-0.3, -0.25) is 0 Å². The Hall–Kier alpha value is -12.6. The Morgan fingerprint density at radius 1 is 0.229 bits per heavy atom. The maximum absolute atomic E-state index is 6.61. The summed E-state index contributed by atoms with van der Waals surface area (Å²) in [5, 5.41) is 6.77. The summed E-state index contributed by atoms with van der Waals surface area (Å²) in [7, 11) is 0. The predicted molar refractivity (Wildman–Crippen MR) is 402 cm³/mol. The highest BCUT2D eigenvalue weighted by atomic mass is 16.3. The molecule has 0 radical (unpaired) electrons. The zero-order valence-corrected chi connectivity index (χ0v) is 52.1. The average molecular weight is 1220 g/mol. The van der Waals surface area contributed by atoms with E-state index in [1.54, 1.807) is 0 Å². The maximum atomic E-state index is 6.61. The second kappa shape index (κ2) is 21.5. The van der Waals surface area contributed by atoms with Gasteiger partial charge in [0.25, 0.3) is 6.71 Å². The van der Waals surface area contributed by atoms with Crippen molar-refractivity contribution in [1.82, 2.24) is 4.57 Å². The first-order valence-electron chi connectivity index (χ1n) is 33.0. The van der Waals surface area contributed by atoms with Crippen molar-refractivity contribution in [1.29, 1.82) is 0 Å². The zero-order chi connectivity index (χ0) is 63.0. The van der Waals surface area contributed by atoms with Gasteiger partial charge >= 0.3 is 0 Å². The van der Waals surface area contributed by atoms with E-state index in [9.17, 15) is 0 Å². The van der Waals surface area contributed by atoms with Gasteiger partial charge in [-0.1, -0.05) is 261 Å². The fraction of sp³-hybridized carbons (Fsp3) is 0. The number of fused-ring (bicyclic) bond motifs is 13. The molecule has 0 spiro atoms. The molecule has 0 aliphatic carbocycles. The molecule has 5 nitrogen and oxygen atoms in total. The monoisotopic (exact) mass is 1220 g/mol. The van der Waals surface area contributed by atoms with E-state index in [1.807, 2.05) is 6.07 Å². The quantitative estimate of drug-likeness (QED) is 0.135. The Kier molecular flexibility index (Phi) is 12.1. The molecule has 2 aliphatic rings. The fourth-order valence-corrected chi connectivity index (χ4v) is 15.9. The molecule has 96 heavy (non-hydrogen) atoms. The van der Waals surface area contributed by atoms with E-state index in [0.717, 1.165) is 161 Å². The SMILES string of the molecule is c1ccc(-c2cccc(-c3ccccc3)c2N2c3cc(-c4ccc5oc6ccccc6c5c4)ccc3B3c4ccc(-n5c6ccccc6c6ccccc65)cc4N(c4c(-c5ccccc5)cccc4-c4ccccc4)c4cc(-c5ccc6oc7ccccc7c6c5)cc2c43)cc1. The largest absolute Gasteiger partial charge is 0.456 e. The van der Waals surface area contributed by atoms with Crippen molar-refractivity contribution in [3.63, 3.8) is 0 Å². The molecule has 2 aliphatic heterocycles. The summed E-state index contributed by atoms with van der Waals surface area (Å²) >= 11 is 0. The van der Waals surface area contributed by atoms with Gasteiger partial charge in [0.05, 0.1) is 22.4 Å². The zero-order valence-electron chi connectivity index (χ0n) is 52.1. The lowest BCUT2D eigenvalue weighted by Crippen LogP contribution is -2.61. The van der Waals surface area contributed by atoms with Crippen LogP contribution in [0.3, 0.4) is 0 Å². The number of hydrogen-bond donors (Lipinski definition) is 0. The van der Waals surface area contributed by atoms with Crippen molar-refractivity contribution in [2.45, 2.75) is 0 Å². The third kappa shape index (κ3) is 8.32. The Morgan fingerprint density at radius 3 is 1.05 bits per heavy atom. The van der Waals surface area contributed by atoms with Crippen LogP contribution in [0.25, 0.3) is 138 Å². The molecule has 0 saturated carbocycles. The molecule has 3 aromatic heterocycles. The van der Waals surface area contributed by atoms with E-state index < -0.39 is 0 Å². The van der Waals surface area contributed by atoms with Gasteiger partial charge < -0.3 is 23.2 Å². The van der Waals surface area contributed by atoms with E-state index in [1.165, 1.54) is 27.2 Å². The summed E-state index contributed by atoms with van der Waals surface area (Å²) < 4.78 is 15.6. The van der Waals surface area contributed by atoms with E-state index in [4.69, 9.17) is 8.83 Å². The van der Waals surface area contributed by atoms with Crippen LogP contribution in [0.2, 0.25) is 0 Å². The Bertz CT molecular complexity index is 6000. The maximum Gasteiger partial charge on any atom is 0.252 e. The van der Waals surface area contributed by atoms with Gasteiger partial charge in [-0.25, -0.2) is 0 Å². The summed E-state index contributed by atoms with van der Waals surface area (Å²) in [4.78, 5) is 5.31. The first-order valence-corrected chi connectivity index (χ1v) is 33.0. The lowest BCUT2D eigenvalue weighted by molar-refractivity contribution is 0.668. The fourth-order valence-electron chi connectivity index (χ4n) is 15.9. The number of aromatic nitrogens is 1. The summed E-state index contributed by atoms with van der Waals surface area (Å²) in [6.45, 7) is -0.253. The molecule has 5 heterocycles. The van der Waals surface area contributed by atoms with Crippen LogP contribution in [-0.4, -0.2) is 11.3 Å². The first-order chi connectivity index (χ1) is 47.6. The average Bonchev–Trinajstić information content (AvgIpc) is 0.861. The minimum atomic E-state index is -0.253. The molecule has 0 atom stereocenters. The molecule has 15 aromatic carbocycles. The number of hydrogen-bond acceptors (Lipinski definition) is 4. The van der Waals surface area contributed by atoms with Gasteiger partial charge in [0.2, 0.25) is 0 Å². The van der Waals surface area contributed by atoms with Crippen LogP contribution in [0.4, 0.5) is 34.1 Å². The normalized spacial score (nSPS) is 12.5. The van der Waals surface area contributed by atoms with Gasteiger partial charge in [-0.2, -0.15) is 0 Å². The van der Waals surface area contributed by atoms with Crippen LogP contribution < -0.4 is 26.2 Å². The highest BCUT2D eigenvalue weighted by Crippen LogP contribution is 2.55. The summed E-state index contributed by atoms with van der Waals surface area (Å²) in [6, 6.07) is 125. The van der Waals surface area contributed by atoms with Crippen molar-refractivity contribution >= 4 is 123 Å². The number of benzene rings is 15. The lowest BCUT2D eigenvalue weighted by Gasteiger charge is -2.46. The highest BCUT2D eigenvalue weighted by Gasteiger charge is 2.46. The van der Waals surface area contributed by atoms with Crippen molar-refractivity contribution < 1.29 is 8.83 Å². The van der Waals surface area contributed by atoms with Crippen LogP contribution in [0.1, 0.15) is 0 Å². The molecular weight excluding hydrogens is 1170 g/mol. The molecule has 6 heteroatoms. The number of nitrogens with zero attached hydrogens (tertiary/aromatic N) is 3. The topological polar surface area (TPSA) is 37.7 Å². The minimum absolute atomic E-state index is 0.253. The van der Waals surface area contributed by atoms with Crippen LogP contribution in [0, 0.1) is 0 Å². The number of anilines is 6. The van der Waals surface area contributed by atoms with Crippen molar-refractivity contribution in [3.05, 3.63) is 340 Å². The highest BCUT2D eigenvalue weighted by molar-refractivity contribution is 7.00. The Labute approximate surface area is 554 Å². The lowest BCUT2D eigenvalue weighted by atomic mass is 9.33. The molecule has 0 amide bonds. The Morgan fingerprint density at radius 2 is 0.583 bits per heavy atom. The van der Waals surface area contributed by atoms with Crippen LogP contribution in [0.15, 0.2) is 349 Å². The third-order valence-corrected chi connectivity index (χ3v) is 20.2. The molecule has 0 bridgehead atoms. The second-order valence-electron chi connectivity index (χ2n) is 25.4. The molecule has 18 aromatic rings. The van der Waals surface area contributed by atoms with Gasteiger partial charge in [-0.15, -0.1) is 0 Å². The Balaban J connectivity index is 0.959. The minimum Gasteiger partial charge on any atom is -0.456 e. The first kappa shape index (κ1) is 54.0. The van der Waals surface area contributed by atoms with Gasteiger partial charge in [0, 0.05) is 83.0 Å². The van der Waals surface area contributed by atoms with E-state index in [2.05, 4.69) is 348 Å². The van der Waals surface area contributed by atoms with Crippen LogP contribution in [-0.2, 0) is 0 Å². The summed E-state index contributed by atoms with van der Waals surface area (Å²) in [6.07, 6.45) is 0. The van der Waals surface area contributed by atoms with Crippen LogP contribution in [0.5, 0.6) is 0 Å². The molecule has 0 saturated heterocycles. The van der Waals surface area contributed by atoms with Crippen molar-refractivity contribution in [2.24, 2.45) is 0 Å². The smallest absolute Gasteiger partial charge is 0.252 e. The second-order valence-corrected chi connectivity index (χ2v) is 25.4. The number of rotatable bonds is 9. The van der Waals surface area contributed by atoms with E-state index in [0.29, 0.717) is 0 Å². The molecule has 20 rings (SSSR count). The molecular formula is C90H56BN3O2. The molecule has 0 unspecified atom stereocenters. The van der Waals surface area contributed by atoms with Gasteiger partial charge in [-0.05, 0) is 140 Å². The summed E-state index contributed by atoms with van der Waals surface area (Å²) in [5.74, 6) is 0. The number of para-hydroxylation sites is 6. The van der Waals surface area contributed by atoms with E-state index in [-0.39, 0.29) is 6.71 Å². The number of furan rings is 2. The third-order valence-electron chi connectivity index (χ3n) is 20.2. The van der Waals surface area contributed by atoms with E-state index >= 15 is 0 Å².